The van der Waals surface area contributed by atoms with Gasteiger partial charge in [0.25, 0.3) is 0 Å². The SMILES string of the molecule is Cc1ccnc(CC(C)N(C)C(=O)NCc2snnc2C)c1. The van der Waals surface area contributed by atoms with Gasteiger partial charge in [0, 0.05) is 31.4 Å². The van der Waals surface area contributed by atoms with E-state index in [0.29, 0.717) is 6.54 Å². The number of carbonyl (C=O) groups excluding carboxylic acids is 1. The number of amides is 2. The lowest BCUT2D eigenvalue weighted by molar-refractivity contribution is 0.193. The van der Waals surface area contributed by atoms with Crippen LogP contribution in [0.3, 0.4) is 0 Å². The largest absolute Gasteiger partial charge is 0.333 e. The van der Waals surface area contributed by atoms with E-state index in [1.165, 1.54) is 17.1 Å². The molecule has 0 bridgehead atoms. The summed E-state index contributed by atoms with van der Waals surface area (Å²) in [5.41, 5.74) is 3.04. The second kappa shape index (κ2) is 7.31. The molecule has 1 atom stereocenters. The molecule has 2 heterocycles. The highest BCUT2D eigenvalue weighted by Crippen LogP contribution is 2.10. The first kappa shape index (κ1) is 16.4. The summed E-state index contributed by atoms with van der Waals surface area (Å²) < 4.78 is 3.86. The molecule has 0 spiro atoms. The molecule has 7 heteroatoms. The van der Waals surface area contributed by atoms with Gasteiger partial charge < -0.3 is 10.2 Å². The Kier molecular flexibility index (Phi) is 5.43. The maximum atomic E-state index is 12.2. The number of nitrogens with one attached hydrogen (secondary N) is 1. The van der Waals surface area contributed by atoms with Crippen molar-refractivity contribution >= 4 is 17.6 Å². The van der Waals surface area contributed by atoms with Crippen LogP contribution < -0.4 is 5.32 Å². The van der Waals surface area contributed by atoms with Crippen LogP contribution >= 0.6 is 11.5 Å². The molecule has 2 rings (SSSR count). The number of rotatable bonds is 5. The fourth-order valence-electron chi connectivity index (χ4n) is 2.04. The Hall–Kier alpha value is -2.02. The molecule has 0 radical (unpaired) electrons. The Labute approximate surface area is 134 Å². The minimum absolute atomic E-state index is 0.0648. The van der Waals surface area contributed by atoms with E-state index in [1.807, 2.05) is 26.8 Å². The lowest BCUT2D eigenvalue weighted by atomic mass is 10.1. The van der Waals surface area contributed by atoms with Crippen LogP contribution in [0.4, 0.5) is 4.79 Å². The van der Waals surface area contributed by atoms with Crippen LogP contribution in [0, 0.1) is 13.8 Å². The number of hydrogen-bond donors (Lipinski definition) is 1. The van der Waals surface area contributed by atoms with Crippen LogP contribution in [0.5, 0.6) is 0 Å². The van der Waals surface area contributed by atoms with Gasteiger partial charge in [-0.1, -0.05) is 4.49 Å². The number of urea groups is 1. The summed E-state index contributed by atoms with van der Waals surface area (Å²) in [6, 6.07) is 3.98. The third-order valence-corrected chi connectivity index (χ3v) is 4.43. The molecule has 2 aromatic rings. The van der Waals surface area contributed by atoms with Crippen molar-refractivity contribution in [1.82, 2.24) is 24.8 Å². The Morgan fingerprint density at radius 2 is 2.23 bits per heavy atom. The molecule has 0 saturated carbocycles. The van der Waals surface area contributed by atoms with Crippen molar-refractivity contribution in [3.8, 4) is 0 Å². The van der Waals surface area contributed by atoms with Crippen LogP contribution in [0.25, 0.3) is 0 Å². The van der Waals surface area contributed by atoms with Crippen LogP contribution in [-0.4, -0.2) is 38.6 Å². The zero-order valence-electron chi connectivity index (χ0n) is 13.3. The number of hydrogen-bond acceptors (Lipinski definition) is 5. The van der Waals surface area contributed by atoms with Crippen molar-refractivity contribution < 1.29 is 4.79 Å². The minimum Gasteiger partial charge on any atom is -0.333 e. The molecule has 0 aromatic carbocycles. The highest BCUT2D eigenvalue weighted by atomic mass is 32.1. The highest BCUT2D eigenvalue weighted by Gasteiger charge is 2.17. The summed E-state index contributed by atoms with van der Waals surface area (Å²) in [4.78, 5) is 19.2. The van der Waals surface area contributed by atoms with Gasteiger partial charge in [-0.2, -0.15) is 0 Å². The average Bonchev–Trinajstić information content (AvgIpc) is 2.89. The van der Waals surface area contributed by atoms with Gasteiger partial charge in [0.2, 0.25) is 0 Å². The lowest BCUT2D eigenvalue weighted by Gasteiger charge is -2.25. The fraction of sp³-hybridized carbons (Fsp3) is 0.467. The first-order valence-corrected chi connectivity index (χ1v) is 7.94. The van der Waals surface area contributed by atoms with Crippen LogP contribution in [0.1, 0.15) is 28.8 Å². The summed E-state index contributed by atoms with van der Waals surface area (Å²) >= 11 is 1.31. The second-order valence-corrected chi connectivity index (χ2v) is 6.27. The van der Waals surface area contributed by atoms with E-state index in [4.69, 9.17) is 0 Å². The Balaban J connectivity index is 1.88. The topological polar surface area (TPSA) is 71.0 Å². The maximum Gasteiger partial charge on any atom is 0.317 e. The monoisotopic (exact) mass is 319 g/mol. The zero-order valence-corrected chi connectivity index (χ0v) is 14.1. The summed E-state index contributed by atoms with van der Waals surface area (Å²) in [6.07, 6.45) is 2.53. The molecule has 1 N–H and O–H groups in total. The van der Waals surface area contributed by atoms with Crippen molar-refractivity contribution in [1.29, 1.82) is 0 Å². The standard InChI is InChI=1S/C15H21N5OS/c1-10-5-6-16-13(7-10)8-11(2)20(4)15(21)17-9-14-12(3)18-19-22-14/h5-7,11H,8-9H2,1-4H3,(H,17,21). The van der Waals surface area contributed by atoms with Gasteiger partial charge in [-0.25, -0.2) is 4.79 Å². The first-order valence-electron chi connectivity index (χ1n) is 7.17. The van der Waals surface area contributed by atoms with Gasteiger partial charge in [0.15, 0.2) is 0 Å². The summed E-state index contributed by atoms with van der Waals surface area (Å²) in [6.45, 7) is 6.41. The van der Waals surface area contributed by atoms with E-state index < -0.39 is 0 Å². The molecule has 2 amide bonds. The molecule has 22 heavy (non-hydrogen) atoms. The zero-order chi connectivity index (χ0) is 16.1. The van der Waals surface area contributed by atoms with Gasteiger partial charge >= 0.3 is 6.03 Å². The minimum atomic E-state index is -0.104. The number of aromatic nitrogens is 3. The summed E-state index contributed by atoms with van der Waals surface area (Å²) in [5, 5.41) is 6.83. The predicted octanol–water partition coefficient (Wildman–Crippen LogP) is 2.32. The number of carbonyl (C=O) groups is 1. The summed E-state index contributed by atoms with van der Waals surface area (Å²) in [7, 11) is 1.80. The third-order valence-electron chi connectivity index (χ3n) is 3.60. The number of likely N-dealkylation sites (N-methyl/N-ethyl adjacent to an activating group) is 1. The molecule has 0 aliphatic rings. The highest BCUT2D eigenvalue weighted by molar-refractivity contribution is 7.05. The predicted molar refractivity (Wildman–Crippen MR) is 86.8 cm³/mol. The smallest absolute Gasteiger partial charge is 0.317 e. The molecule has 6 nitrogen and oxygen atoms in total. The van der Waals surface area contributed by atoms with E-state index in [1.54, 1.807) is 18.1 Å². The molecule has 0 aliphatic heterocycles. The molecular weight excluding hydrogens is 298 g/mol. The van der Waals surface area contributed by atoms with Gasteiger partial charge in [0.05, 0.1) is 17.1 Å². The summed E-state index contributed by atoms with van der Waals surface area (Å²) in [5.74, 6) is 0. The number of nitrogens with zero attached hydrogens (tertiary/aromatic N) is 4. The fourth-order valence-corrected chi connectivity index (χ4v) is 2.62. The Bertz CT molecular complexity index is 642. The van der Waals surface area contributed by atoms with Crippen molar-refractivity contribution in [3.05, 3.63) is 40.2 Å². The molecule has 118 valence electrons. The molecule has 1 unspecified atom stereocenters. The molecule has 0 saturated heterocycles. The van der Waals surface area contributed by atoms with Gasteiger partial charge in [-0.15, -0.1) is 5.10 Å². The normalized spacial score (nSPS) is 12.0. The molecule has 0 fully saturated rings. The van der Waals surface area contributed by atoms with Crippen molar-refractivity contribution in [3.63, 3.8) is 0 Å². The number of aryl methyl sites for hydroxylation is 2. The van der Waals surface area contributed by atoms with E-state index in [9.17, 15) is 4.79 Å². The lowest BCUT2D eigenvalue weighted by Crippen LogP contribution is -2.43. The molecular formula is C15H21N5OS. The van der Waals surface area contributed by atoms with Gasteiger partial charge in [-0.3, -0.25) is 4.98 Å². The molecule has 0 aliphatic carbocycles. The number of pyridine rings is 1. The van der Waals surface area contributed by atoms with E-state index in [0.717, 1.165) is 22.7 Å². The average molecular weight is 319 g/mol. The second-order valence-electron chi connectivity index (χ2n) is 5.43. The quantitative estimate of drug-likeness (QED) is 0.918. The maximum absolute atomic E-state index is 12.2. The first-order chi connectivity index (χ1) is 10.5. The Morgan fingerprint density at radius 1 is 1.45 bits per heavy atom. The van der Waals surface area contributed by atoms with Crippen molar-refractivity contribution in [2.24, 2.45) is 0 Å². The third kappa shape index (κ3) is 4.24. The van der Waals surface area contributed by atoms with E-state index in [-0.39, 0.29) is 12.1 Å². The van der Waals surface area contributed by atoms with E-state index in [2.05, 4.69) is 26.0 Å². The van der Waals surface area contributed by atoms with Crippen molar-refractivity contribution in [2.75, 3.05) is 7.05 Å². The van der Waals surface area contributed by atoms with Gasteiger partial charge in [0.1, 0.15) is 0 Å². The molecule has 2 aromatic heterocycles. The van der Waals surface area contributed by atoms with Gasteiger partial charge in [-0.05, 0) is 50.0 Å². The van der Waals surface area contributed by atoms with Crippen LogP contribution in [0.2, 0.25) is 0 Å². The van der Waals surface area contributed by atoms with Crippen LogP contribution in [-0.2, 0) is 13.0 Å². The van der Waals surface area contributed by atoms with Crippen molar-refractivity contribution in [2.45, 2.75) is 39.8 Å². The Morgan fingerprint density at radius 3 is 2.86 bits per heavy atom. The van der Waals surface area contributed by atoms with E-state index >= 15 is 0 Å². The van der Waals surface area contributed by atoms with Crippen LogP contribution in [0.15, 0.2) is 18.3 Å².